The van der Waals surface area contributed by atoms with Gasteiger partial charge in [-0.3, -0.25) is 0 Å². The van der Waals surface area contributed by atoms with Crippen molar-refractivity contribution in [3.05, 3.63) is 0 Å². The second-order valence-electron chi connectivity index (χ2n) is 5.11. The summed E-state index contributed by atoms with van der Waals surface area (Å²) in [6.45, 7) is 10.8. The van der Waals surface area contributed by atoms with Gasteiger partial charge in [-0.2, -0.15) is 5.10 Å². The van der Waals surface area contributed by atoms with Crippen LogP contribution in [0, 0.1) is 16.7 Å². The highest BCUT2D eigenvalue weighted by atomic mass is 16.2. The third-order valence-electron chi connectivity index (χ3n) is 3.78. The second kappa shape index (κ2) is 2.97. The Bertz CT molecular complexity index is 278. The molecule has 0 spiro atoms. The number of amides is 2. The van der Waals surface area contributed by atoms with Gasteiger partial charge in [0.15, 0.2) is 0 Å². The Balaban J connectivity index is 2.70. The number of hydrogen-bond acceptors (Lipinski definition) is 2. The lowest BCUT2D eigenvalue weighted by molar-refractivity contribution is 0.249. The van der Waals surface area contributed by atoms with Gasteiger partial charge < -0.3 is 5.73 Å². The summed E-state index contributed by atoms with van der Waals surface area (Å²) in [5, 5.41) is 3.97. The first-order valence-electron chi connectivity index (χ1n) is 4.81. The lowest BCUT2D eigenvalue weighted by Gasteiger charge is -2.03. The molecule has 0 bridgehead atoms. The topological polar surface area (TPSA) is 67.5 Å². The largest absolute Gasteiger partial charge is 0.350 e. The van der Waals surface area contributed by atoms with E-state index in [2.05, 4.69) is 38.2 Å². The van der Waals surface area contributed by atoms with E-state index in [0.717, 1.165) is 5.71 Å². The Kier molecular flexibility index (Phi) is 2.34. The molecule has 0 saturated heterocycles. The van der Waals surface area contributed by atoms with Crippen molar-refractivity contribution in [2.45, 2.75) is 34.6 Å². The fourth-order valence-electron chi connectivity index (χ4n) is 2.45. The number of urea groups is 1. The molecule has 0 aromatic carbocycles. The minimum absolute atomic E-state index is 0.250. The minimum atomic E-state index is -0.611. The second-order valence-corrected chi connectivity index (χ2v) is 5.11. The van der Waals surface area contributed by atoms with Gasteiger partial charge in [0.25, 0.3) is 0 Å². The average molecular weight is 197 g/mol. The molecule has 2 amide bonds. The fraction of sp³-hybridized carbons (Fsp3) is 0.800. The highest BCUT2D eigenvalue weighted by Gasteiger charge is 2.65. The molecule has 80 valence electrons. The summed E-state index contributed by atoms with van der Waals surface area (Å²) in [5.74, 6) is 0.418. The van der Waals surface area contributed by atoms with Crippen LogP contribution in [0.4, 0.5) is 4.79 Å². The van der Waals surface area contributed by atoms with E-state index in [4.69, 9.17) is 5.73 Å². The maximum atomic E-state index is 10.5. The first-order valence-corrected chi connectivity index (χ1v) is 4.81. The molecular weight excluding hydrogens is 178 g/mol. The number of rotatable bonds is 2. The molecule has 3 N–H and O–H groups in total. The quantitative estimate of drug-likeness (QED) is 0.513. The van der Waals surface area contributed by atoms with Gasteiger partial charge in [-0.15, -0.1) is 0 Å². The van der Waals surface area contributed by atoms with Crippen molar-refractivity contribution in [1.82, 2.24) is 5.43 Å². The van der Waals surface area contributed by atoms with Crippen molar-refractivity contribution in [3.8, 4) is 0 Å². The van der Waals surface area contributed by atoms with Crippen molar-refractivity contribution in [2.75, 3.05) is 0 Å². The van der Waals surface area contributed by atoms with Gasteiger partial charge >= 0.3 is 6.03 Å². The summed E-state index contributed by atoms with van der Waals surface area (Å²) in [6, 6.07) is -0.611. The molecule has 1 rings (SSSR count). The summed E-state index contributed by atoms with van der Waals surface area (Å²) >= 11 is 0. The minimum Gasteiger partial charge on any atom is -0.350 e. The number of hydrogen-bond donors (Lipinski definition) is 2. The molecular formula is C10H19N3O. The maximum absolute atomic E-state index is 10.5. The Morgan fingerprint density at radius 1 is 1.29 bits per heavy atom. The highest BCUT2D eigenvalue weighted by Crippen LogP contribution is 2.68. The molecule has 4 nitrogen and oxygen atoms in total. The van der Waals surface area contributed by atoms with Crippen LogP contribution in [0.5, 0.6) is 0 Å². The van der Waals surface area contributed by atoms with E-state index < -0.39 is 6.03 Å². The standard InChI is InChI=1S/C10H19N3O/c1-6(12-13-8(11)14)7-9(2,3)10(7,4)5/h7H,1-5H3,(H3,11,13,14)/b12-6+. The van der Waals surface area contributed by atoms with Crippen LogP contribution in [0.2, 0.25) is 0 Å². The van der Waals surface area contributed by atoms with E-state index in [-0.39, 0.29) is 10.8 Å². The van der Waals surface area contributed by atoms with E-state index in [1.807, 2.05) is 6.92 Å². The zero-order chi connectivity index (χ0) is 11.1. The average Bonchev–Trinajstić information content (AvgIpc) is 2.39. The lowest BCUT2D eigenvalue weighted by atomic mass is 10.0. The predicted octanol–water partition coefficient (Wildman–Crippen LogP) is 1.71. The molecule has 1 fully saturated rings. The van der Waals surface area contributed by atoms with Crippen molar-refractivity contribution in [2.24, 2.45) is 27.6 Å². The summed E-state index contributed by atoms with van der Waals surface area (Å²) in [7, 11) is 0. The number of nitrogens with two attached hydrogens (primary N) is 1. The van der Waals surface area contributed by atoms with E-state index in [0.29, 0.717) is 5.92 Å². The van der Waals surface area contributed by atoms with E-state index >= 15 is 0 Å². The molecule has 1 aliphatic rings. The predicted molar refractivity (Wildman–Crippen MR) is 56.9 cm³/mol. The lowest BCUT2D eigenvalue weighted by Crippen LogP contribution is -2.26. The summed E-state index contributed by atoms with van der Waals surface area (Å²) in [6.07, 6.45) is 0. The summed E-state index contributed by atoms with van der Waals surface area (Å²) in [4.78, 5) is 10.5. The molecule has 0 heterocycles. The van der Waals surface area contributed by atoms with Gasteiger partial charge in [-0.25, -0.2) is 10.2 Å². The van der Waals surface area contributed by atoms with Gasteiger partial charge in [0.1, 0.15) is 0 Å². The third kappa shape index (κ3) is 1.49. The fourth-order valence-corrected chi connectivity index (χ4v) is 2.45. The van der Waals surface area contributed by atoms with E-state index in [9.17, 15) is 4.79 Å². The molecule has 0 aromatic rings. The summed E-state index contributed by atoms with van der Waals surface area (Å²) < 4.78 is 0. The first-order chi connectivity index (χ1) is 6.21. The number of primary amides is 1. The molecule has 0 aromatic heterocycles. The van der Waals surface area contributed by atoms with Gasteiger partial charge in [0.05, 0.1) is 0 Å². The van der Waals surface area contributed by atoms with Crippen LogP contribution in [0.15, 0.2) is 5.10 Å². The third-order valence-corrected chi connectivity index (χ3v) is 3.78. The highest BCUT2D eigenvalue weighted by molar-refractivity contribution is 5.90. The number of carbonyl (C=O) groups excluding carboxylic acids is 1. The van der Waals surface area contributed by atoms with Gasteiger partial charge in [0, 0.05) is 11.6 Å². The monoisotopic (exact) mass is 197 g/mol. The molecule has 1 saturated carbocycles. The molecule has 4 heteroatoms. The van der Waals surface area contributed by atoms with Crippen LogP contribution in [0.3, 0.4) is 0 Å². The van der Waals surface area contributed by atoms with Gasteiger partial charge in [0.2, 0.25) is 0 Å². The van der Waals surface area contributed by atoms with Crippen molar-refractivity contribution < 1.29 is 4.79 Å². The van der Waals surface area contributed by atoms with E-state index in [1.165, 1.54) is 0 Å². The van der Waals surface area contributed by atoms with Crippen LogP contribution in [-0.4, -0.2) is 11.7 Å². The molecule has 0 atom stereocenters. The number of hydrazone groups is 1. The smallest absolute Gasteiger partial charge is 0.332 e. The Labute approximate surface area is 84.9 Å². The van der Waals surface area contributed by atoms with Gasteiger partial charge in [-0.05, 0) is 17.8 Å². The zero-order valence-corrected chi connectivity index (χ0v) is 9.51. The Morgan fingerprint density at radius 2 is 1.71 bits per heavy atom. The Morgan fingerprint density at radius 3 is 2.00 bits per heavy atom. The first kappa shape index (κ1) is 11.0. The molecule has 0 aliphatic heterocycles. The SMILES string of the molecule is C/C(=N\NC(N)=O)C1C(C)(C)C1(C)C. The van der Waals surface area contributed by atoms with Crippen molar-refractivity contribution in [3.63, 3.8) is 0 Å². The van der Waals surface area contributed by atoms with Crippen LogP contribution < -0.4 is 11.2 Å². The van der Waals surface area contributed by atoms with Crippen LogP contribution >= 0.6 is 0 Å². The van der Waals surface area contributed by atoms with Crippen molar-refractivity contribution in [1.29, 1.82) is 0 Å². The molecule has 14 heavy (non-hydrogen) atoms. The van der Waals surface area contributed by atoms with Crippen LogP contribution in [0.1, 0.15) is 34.6 Å². The zero-order valence-electron chi connectivity index (χ0n) is 9.51. The number of nitrogens with one attached hydrogen (secondary N) is 1. The molecule has 1 aliphatic carbocycles. The van der Waals surface area contributed by atoms with E-state index in [1.54, 1.807) is 0 Å². The number of carbonyl (C=O) groups is 1. The number of nitrogens with zero attached hydrogens (tertiary/aromatic N) is 1. The van der Waals surface area contributed by atoms with Crippen molar-refractivity contribution >= 4 is 11.7 Å². The van der Waals surface area contributed by atoms with Crippen LogP contribution in [0.25, 0.3) is 0 Å². The van der Waals surface area contributed by atoms with Crippen LogP contribution in [-0.2, 0) is 0 Å². The Hall–Kier alpha value is -1.06. The summed E-state index contributed by atoms with van der Waals surface area (Å²) in [5.41, 5.74) is 8.65. The maximum Gasteiger partial charge on any atom is 0.332 e. The van der Waals surface area contributed by atoms with Gasteiger partial charge in [-0.1, -0.05) is 27.7 Å². The molecule has 0 unspecified atom stereocenters. The molecule has 0 radical (unpaired) electrons. The normalized spacial score (nSPS) is 24.5.